The molecule has 5 nitrogen and oxygen atoms in total. The van der Waals surface area contributed by atoms with Crippen molar-refractivity contribution in [2.24, 2.45) is 16.8 Å². The molecule has 1 aromatic rings. The lowest BCUT2D eigenvalue weighted by atomic mass is 10.0. The summed E-state index contributed by atoms with van der Waals surface area (Å²) in [5, 5.41) is 14.5. The van der Waals surface area contributed by atoms with Gasteiger partial charge in [0.05, 0.1) is 5.56 Å². The molecule has 0 aliphatic heterocycles. The maximum Gasteiger partial charge on any atom is 0.254 e. The number of benzene rings is 1. The van der Waals surface area contributed by atoms with Crippen LogP contribution < -0.4 is 11.1 Å². The molecule has 0 saturated heterocycles. The number of halogens is 1. The van der Waals surface area contributed by atoms with Crippen molar-refractivity contribution in [3.8, 4) is 0 Å². The average Bonchev–Trinajstić information content (AvgIpc) is 2.89. The topological polar surface area (TPSA) is 87.7 Å². The van der Waals surface area contributed by atoms with Crippen molar-refractivity contribution < 1.29 is 14.4 Å². The standard InChI is InChI=1S/C14H18FN3O2/c1-8-4-2-6-10(12(8)15)14(19)17-11-7-3-5-9(11)13(16)18-20/h2,4,6,9,11,20H,3,5,7H2,1H3,(H2,16,18)(H,17,19). The predicted octanol–water partition coefficient (Wildman–Crippen LogP) is 1.78. The number of nitrogens with one attached hydrogen (secondary N) is 1. The third kappa shape index (κ3) is 2.74. The Hall–Kier alpha value is -2.11. The van der Waals surface area contributed by atoms with Gasteiger partial charge in [-0.05, 0) is 31.4 Å². The van der Waals surface area contributed by atoms with Gasteiger partial charge in [-0.2, -0.15) is 0 Å². The molecule has 108 valence electrons. The summed E-state index contributed by atoms with van der Waals surface area (Å²) in [5.74, 6) is -1.06. The SMILES string of the molecule is Cc1cccc(C(=O)NC2CCCC2/C(N)=N/O)c1F. The smallest absolute Gasteiger partial charge is 0.254 e. The lowest BCUT2D eigenvalue weighted by molar-refractivity contribution is 0.0929. The number of carbonyl (C=O) groups excluding carboxylic acids is 1. The Labute approximate surface area is 116 Å². The van der Waals surface area contributed by atoms with Crippen LogP contribution >= 0.6 is 0 Å². The molecule has 1 aromatic carbocycles. The van der Waals surface area contributed by atoms with E-state index in [0.717, 1.165) is 19.3 Å². The molecule has 0 bridgehead atoms. The number of nitrogens with zero attached hydrogens (tertiary/aromatic N) is 1. The van der Waals surface area contributed by atoms with Crippen LogP contribution in [0.25, 0.3) is 0 Å². The molecule has 2 unspecified atom stereocenters. The fraction of sp³-hybridized carbons (Fsp3) is 0.429. The fourth-order valence-electron chi connectivity index (χ4n) is 2.63. The van der Waals surface area contributed by atoms with E-state index in [1.807, 2.05) is 0 Å². The highest BCUT2D eigenvalue weighted by Gasteiger charge is 2.32. The second-order valence-electron chi connectivity index (χ2n) is 5.08. The van der Waals surface area contributed by atoms with Crippen molar-refractivity contribution in [1.82, 2.24) is 5.32 Å². The molecule has 1 fully saturated rings. The monoisotopic (exact) mass is 279 g/mol. The van der Waals surface area contributed by atoms with E-state index in [1.54, 1.807) is 19.1 Å². The van der Waals surface area contributed by atoms with Gasteiger partial charge in [-0.3, -0.25) is 4.79 Å². The number of hydrogen-bond acceptors (Lipinski definition) is 3. The maximum atomic E-state index is 13.9. The number of amides is 1. The Morgan fingerprint density at radius 3 is 2.95 bits per heavy atom. The summed E-state index contributed by atoms with van der Waals surface area (Å²) in [7, 11) is 0. The minimum atomic E-state index is -0.511. The first-order valence-corrected chi connectivity index (χ1v) is 6.58. The molecule has 2 rings (SSSR count). The molecule has 0 aromatic heterocycles. The first kappa shape index (κ1) is 14.3. The van der Waals surface area contributed by atoms with Crippen LogP contribution in [0, 0.1) is 18.7 Å². The number of carbonyl (C=O) groups is 1. The summed E-state index contributed by atoms with van der Waals surface area (Å²) in [6.07, 6.45) is 2.36. The Morgan fingerprint density at radius 2 is 2.25 bits per heavy atom. The Balaban J connectivity index is 2.13. The number of rotatable bonds is 3. The number of nitrogens with two attached hydrogens (primary N) is 1. The van der Waals surface area contributed by atoms with Crippen LogP contribution in [-0.4, -0.2) is 23.0 Å². The van der Waals surface area contributed by atoms with Gasteiger partial charge >= 0.3 is 0 Å². The molecule has 20 heavy (non-hydrogen) atoms. The van der Waals surface area contributed by atoms with Crippen molar-refractivity contribution in [1.29, 1.82) is 0 Å². The van der Waals surface area contributed by atoms with Crippen molar-refractivity contribution in [3.05, 3.63) is 35.1 Å². The number of amidine groups is 1. The highest BCUT2D eigenvalue weighted by Crippen LogP contribution is 2.26. The lowest BCUT2D eigenvalue weighted by Gasteiger charge is -2.20. The molecular formula is C14H18FN3O2. The normalized spacial score (nSPS) is 22.8. The van der Waals surface area contributed by atoms with E-state index in [1.165, 1.54) is 6.07 Å². The fourth-order valence-corrected chi connectivity index (χ4v) is 2.63. The zero-order valence-corrected chi connectivity index (χ0v) is 11.3. The summed E-state index contributed by atoms with van der Waals surface area (Å²) in [6.45, 7) is 1.61. The molecule has 6 heteroatoms. The molecule has 1 saturated carbocycles. The van der Waals surface area contributed by atoms with Crippen LogP contribution in [0.5, 0.6) is 0 Å². The quantitative estimate of drug-likeness (QED) is 0.341. The minimum absolute atomic E-state index is 0.0233. The second kappa shape index (κ2) is 5.90. The summed E-state index contributed by atoms with van der Waals surface area (Å²) in [4.78, 5) is 12.1. The second-order valence-corrected chi connectivity index (χ2v) is 5.08. The van der Waals surface area contributed by atoms with Crippen LogP contribution in [-0.2, 0) is 0 Å². The first-order valence-electron chi connectivity index (χ1n) is 6.58. The molecule has 1 aliphatic rings. The zero-order valence-electron chi connectivity index (χ0n) is 11.3. The summed E-state index contributed by atoms with van der Waals surface area (Å²) >= 11 is 0. The molecule has 2 atom stereocenters. The lowest BCUT2D eigenvalue weighted by Crippen LogP contribution is -2.42. The molecule has 0 radical (unpaired) electrons. The zero-order chi connectivity index (χ0) is 14.7. The van der Waals surface area contributed by atoms with E-state index >= 15 is 0 Å². The van der Waals surface area contributed by atoms with Crippen LogP contribution in [0.15, 0.2) is 23.4 Å². The molecule has 1 aliphatic carbocycles. The van der Waals surface area contributed by atoms with Gasteiger partial charge in [-0.1, -0.05) is 23.7 Å². The molecule has 4 N–H and O–H groups in total. The van der Waals surface area contributed by atoms with Crippen molar-refractivity contribution in [3.63, 3.8) is 0 Å². The van der Waals surface area contributed by atoms with Gasteiger partial charge in [0.15, 0.2) is 0 Å². The summed E-state index contributed by atoms with van der Waals surface area (Å²) in [6, 6.07) is 4.48. The molecule has 0 heterocycles. The first-order chi connectivity index (χ1) is 9.54. The Bertz CT molecular complexity index is 545. The van der Waals surface area contributed by atoms with E-state index < -0.39 is 11.7 Å². The van der Waals surface area contributed by atoms with Crippen LogP contribution in [0.2, 0.25) is 0 Å². The van der Waals surface area contributed by atoms with Crippen LogP contribution in [0.3, 0.4) is 0 Å². The van der Waals surface area contributed by atoms with Gasteiger partial charge in [0, 0.05) is 12.0 Å². The van der Waals surface area contributed by atoms with E-state index in [0.29, 0.717) is 5.56 Å². The number of hydrogen-bond donors (Lipinski definition) is 3. The van der Waals surface area contributed by atoms with Gasteiger partial charge in [0.2, 0.25) is 0 Å². The molecule has 1 amide bonds. The van der Waals surface area contributed by atoms with E-state index in [4.69, 9.17) is 10.9 Å². The minimum Gasteiger partial charge on any atom is -0.409 e. The van der Waals surface area contributed by atoms with Gasteiger partial charge in [-0.25, -0.2) is 4.39 Å². The van der Waals surface area contributed by atoms with Crippen molar-refractivity contribution in [2.45, 2.75) is 32.2 Å². The summed E-state index contributed by atoms with van der Waals surface area (Å²) in [5.41, 5.74) is 6.06. The van der Waals surface area contributed by atoms with E-state index in [9.17, 15) is 9.18 Å². The molecular weight excluding hydrogens is 261 g/mol. The summed E-state index contributed by atoms with van der Waals surface area (Å²) < 4.78 is 13.9. The van der Waals surface area contributed by atoms with E-state index in [2.05, 4.69) is 10.5 Å². The number of oxime groups is 1. The van der Waals surface area contributed by atoms with Gasteiger partial charge < -0.3 is 16.3 Å². The van der Waals surface area contributed by atoms with Gasteiger partial charge in [0.25, 0.3) is 5.91 Å². The van der Waals surface area contributed by atoms with Gasteiger partial charge in [-0.15, -0.1) is 0 Å². The highest BCUT2D eigenvalue weighted by atomic mass is 19.1. The van der Waals surface area contributed by atoms with Crippen LogP contribution in [0.4, 0.5) is 4.39 Å². The Morgan fingerprint density at radius 1 is 1.50 bits per heavy atom. The molecule has 0 spiro atoms. The Kier molecular flexibility index (Phi) is 4.22. The maximum absolute atomic E-state index is 13.9. The average molecular weight is 279 g/mol. The third-order valence-electron chi connectivity index (χ3n) is 3.76. The largest absolute Gasteiger partial charge is 0.409 e. The van der Waals surface area contributed by atoms with Gasteiger partial charge in [0.1, 0.15) is 11.7 Å². The van der Waals surface area contributed by atoms with Crippen LogP contribution in [0.1, 0.15) is 35.2 Å². The van der Waals surface area contributed by atoms with E-state index in [-0.39, 0.29) is 23.4 Å². The highest BCUT2D eigenvalue weighted by molar-refractivity contribution is 5.95. The number of aryl methyl sites for hydroxylation is 1. The predicted molar refractivity (Wildman–Crippen MR) is 73.1 cm³/mol. The third-order valence-corrected chi connectivity index (χ3v) is 3.76. The van der Waals surface area contributed by atoms with Crippen molar-refractivity contribution >= 4 is 11.7 Å². The van der Waals surface area contributed by atoms with Crippen molar-refractivity contribution in [2.75, 3.05) is 0 Å².